The molecule has 6 heteroatoms. The Morgan fingerprint density at radius 1 is 1.07 bits per heavy atom. The Labute approximate surface area is 175 Å². The van der Waals surface area contributed by atoms with E-state index in [4.69, 9.17) is 9.47 Å². The van der Waals surface area contributed by atoms with Crippen molar-refractivity contribution < 1.29 is 24.2 Å². The summed E-state index contributed by atoms with van der Waals surface area (Å²) in [5.74, 6) is -3.02. The Balaban J connectivity index is 1.77. The molecule has 30 heavy (non-hydrogen) atoms. The molecule has 4 atom stereocenters. The fraction of sp³-hybridized carbons (Fsp3) is 0.417. The number of para-hydroxylation sites is 1. The quantitative estimate of drug-likeness (QED) is 0.790. The van der Waals surface area contributed by atoms with E-state index in [0.717, 1.165) is 18.4 Å². The van der Waals surface area contributed by atoms with Crippen LogP contribution in [0.5, 0.6) is 0 Å². The second kappa shape index (κ2) is 6.65. The first-order chi connectivity index (χ1) is 14.5. The van der Waals surface area contributed by atoms with Crippen LogP contribution in [0.3, 0.4) is 0 Å². The first-order valence-electron chi connectivity index (χ1n) is 10.4. The highest BCUT2D eigenvalue weighted by Gasteiger charge is 2.78. The lowest BCUT2D eigenvalue weighted by Crippen LogP contribution is -2.82. The minimum absolute atomic E-state index is 0.229. The van der Waals surface area contributed by atoms with E-state index in [1.807, 2.05) is 48.5 Å². The van der Waals surface area contributed by atoms with Crippen LogP contribution in [0, 0.1) is 5.41 Å². The second-order valence-corrected chi connectivity index (χ2v) is 8.48. The lowest BCUT2D eigenvalue weighted by atomic mass is 9.53. The second-order valence-electron chi connectivity index (χ2n) is 8.48. The molecule has 1 spiro atoms. The molecule has 156 valence electrons. The summed E-state index contributed by atoms with van der Waals surface area (Å²) in [6.07, 6.45) is 2.59. The van der Waals surface area contributed by atoms with Gasteiger partial charge in [0, 0.05) is 24.4 Å². The summed E-state index contributed by atoms with van der Waals surface area (Å²) in [6, 6.07) is 18.7. The van der Waals surface area contributed by atoms with Crippen LogP contribution < -0.4 is 4.90 Å². The minimum Gasteiger partial charge on any atom is -0.465 e. The Morgan fingerprint density at radius 3 is 2.37 bits per heavy atom. The maximum absolute atomic E-state index is 14.2. The van der Waals surface area contributed by atoms with E-state index in [-0.39, 0.29) is 18.2 Å². The van der Waals surface area contributed by atoms with Crippen molar-refractivity contribution in [2.45, 2.75) is 49.5 Å². The molecule has 0 radical (unpaired) electrons. The van der Waals surface area contributed by atoms with Crippen molar-refractivity contribution in [1.29, 1.82) is 0 Å². The molecule has 0 aromatic heterocycles. The number of esters is 1. The fourth-order valence-corrected chi connectivity index (χ4v) is 5.84. The normalized spacial score (nSPS) is 35.1. The third-order valence-electron chi connectivity index (χ3n) is 7.11. The highest BCUT2D eigenvalue weighted by atomic mass is 16.7. The number of rotatable bonds is 3. The van der Waals surface area contributed by atoms with Gasteiger partial charge in [-0.2, -0.15) is 0 Å². The largest absolute Gasteiger partial charge is 0.465 e. The summed E-state index contributed by atoms with van der Waals surface area (Å²) in [5, 5.41) is 11.8. The zero-order valence-electron chi connectivity index (χ0n) is 16.9. The number of anilines is 1. The van der Waals surface area contributed by atoms with Crippen LogP contribution in [0.4, 0.5) is 5.69 Å². The number of hydrogen-bond donors (Lipinski definition) is 1. The zero-order valence-corrected chi connectivity index (χ0v) is 16.9. The van der Waals surface area contributed by atoms with Crippen molar-refractivity contribution in [3.63, 3.8) is 0 Å². The van der Waals surface area contributed by atoms with Gasteiger partial charge >= 0.3 is 5.97 Å². The van der Waals surface area contributed by atoms with Gasteiger partial charge in [-0.05, 0) is 30.5 Å². The van der Waals surface area contributed by atoms with Crippen molar-refractivity contribution in [2.75, 3.05) is 12.0 Å². The van der Waals surface area contributed by atoms with Crippen molar-refractivity contribution >= 4 is 17.6 Å². The first-order valence-corrected chi connectivity index (χ1v) is 10.4. The summed E-state index contributed by atoms with van der Waals surface area (Å²) in [6.45, 7) is 0. The van der Waals surface area contributed by atoms with Gasteiger partial charge in [-0.25, -0.2) is 4.79 Å². The lowest BCUT2D eigenvalue weighted by Gasteiger charge is -2.67. The van der Waals surface area contributed by atoms with Crippen LogP contribution in [-0.2, 0) is 19.1 Å². The Hall–Kier alpha value is -2.70. The molecule has 1 saturated carbocycles. The van der Waals surface area contributed by atoms with Crippen molar-refractivity contribution in [2.24, 2.45) is 5.41 Å². The molecule has 1 aliphatic carbocycles. The van der Waals surface area contributed by atoms with Gasteiger partial charge < -0.3 is 14.6 Å². The van der Waals surface area contributed by atoms with Gasteiger partial charge in [-0.1, -0.05) is 55.0 Å². The predicted molar refractivity (Wildman–Crippen MR) is 109 cm³/mol. The molecule has 3 saturated heterocycles. The SMILES string of the molecule is COC(=O)C12CC(c3ccccc3)C3(CCCCC3(O)O1)C(=O)N2c1ccccc1. The molecular weight excluding hydrogens is 382 g/mol. The zero-order chi connectivity index (χ0) is 21.0. The third kappa shape index (κ3) is 2.32. The van der Waals surface area contributed by atoms with E-state index < -0.39 is 22.9 Å². The molecule has 3 heterocycles. The first kappa shape index (κ1) is 19.3. The van der Waals surface area contributed by atoms with Crippen LogP contribution in [0.1, 0.15) is 43.6 Å². The number of carbonyl (C=O) groups is 2. The minimum atomic E-state index is -1.72. The maximum atomic E-state index is 14.2. The fourth-order valence-electron chi connectivity index (χ4n) is 5.84. The smallest absolute Gasteiger partial charge is 0.360 e. The summed E-state index contributed by atoms with van der Waals surface area (Å²) in [5.41, 5.74) is -1.39. The monoisotopic (exact) mass is 407 g/mol. The molecule has 1 amide bonds. The van der Waals surface area contributed by atoms with E-state index in [9.17, 15) is 14.7 Å². The molecule has 2 aromatic carbocycles. The van der Waals surface area contributed by atoms with E-state index in [2.05, 4.69) is 0 Å². The standard InChI is InChI=1S/C24H25NO5/c1-29-21(27)23-16-19(17-10-4-2-5-11-17)22(14-8-9-15-24(22,28)30-23)20(26)25(23)18-12-6-3-7-13-18/h2-7,10-13,19,28H,8-9,14-16H2,1H3. The topological polar surface area (TPSA) is 76.1 Å². The summed E-state index contributed by atoms with van der Waals surface area (Å²) in [4.78, 5) is 28.9. The number of amides is 1. The molecule has 4 aliphatic rings. The van der Waals surface area contributed by atoms with Crippen molar-refractivity contribution in [3.8, 4) is 0 Å². The van der Waals surface area contributed by atoms with Gasteiger partial charge in [0.2, 0.25) is 11.6 Å². The Morgan fingerprint density at radius 2 is 1.70 bits per heavy atom. The van der Waals surface area contributed by atoms with Crippen LogP contribution in [0.15, 0.2) is 60.7 Å². The average molecular weight is 407 g/mol. The van der Waals surface area contributed by atoms with E-state index in [0.29, 0.717) is 18.5 Å². The van der Waals surface area contributed by atoms with E-state index in [1.54, 1.807) is 12.1 Å². The van der Waals surface area contributed by atoms with Gasteiger partial charge in [0.15, 0.2) is 5.79 Å². The molecule has 6 rings (SSSR count). The maximum Gasteiger partial charge on any atom is 0.360 e. The molecule has 2 bridgehead atoms. The van der Waals surface area contributed by atoms with Gasteiger partial charge in [-0.15, -0.1) is 0 Å². The van der Waals surface area contributed by atoms with Crippen molar-refractivity contribution in [3.05, 3.63) is 66.2 Å². The molecule has 4 unspecified atom stereocenters. The van der Waals surface area contributed by atoms with Crippen LogP contribution in [0.25, 0.3) is 0 Å². The number of benzene rings is 2. The summed E-state index contributed by atoms with van der Waals surface area (Å²) in [7, 11) is 1.28. The molecule has 1 N–H and O–H groups in total. The number of ether oxygens (including phenoxy) is 2. The predicted octanol–water partition coefficient (Wildman–Crippen LogP) is 3.36. The molecule has 4 fully saturated rings. The third-order valence-corrected chi connectivity index (χ3v) is 7.11. The Kier molecular flexibility index (Phi) is 4.27. The Bertz CT molecular complexity index is 980. The van der Waals surface area contributed by atoms with Gasteiger partial charge in [0.1, 0.15) is 5.41 Å². The number of aliphatic hydroxyl groups is 1. The number of methoxy groups -OCH3 is 1. The molecular formula is C24H25NO5. The number of carbonyl (C=O) groups excluding carboxylic acids is 2. The van der Waals surface area contributed by atoms with Crippen molar-refractivity contribution in [1.82, 2.24) is 0 Å². The van der Waals surface area contributed by atoms with Crippen LogP contribution >= 0.6 is 0 Å². The number of fused-ring (bicyclic) bond motifs is 2. The van der Waals surface area contributed by atoms with Crippen LogP contribution in [0.2, 0.25) is 0 Å². The van der Waals surface area contributed by atoms with E-state index in [1.165, 1.54) is 12.0 Å². The van der Waals surface area contributed by atoms with Gasteiger partial charge in [0.25, 0.3) is 0 Å². The van der Waals surface area contributed by atoms with Crippen LogP contribution in [-0.4, -0.2) is 35.6 Å². The highest BCUT2D eigenvalue weighted by molar-refractivity contribution is 6.07. The van der Waals surface area contributed by atoms with Gasteiger partial charge in [0.05, 0.1) is 7.11 Å². The molecule has 3 aliphatic heterocycles. The number of nitrogens with zero attached hydrogens (tertiary/aromatic N) is 1. The summed E-state index contributed by atoms with van der Waals surface area (Å²) < 4.78 is 11.4. The molecule has 6 nitrogen and oxygen atoms in total. The highest BCUT2D eigenvalue weighted by Crippen LogP contribution is 2.66. The molecule has 2 aromatic rings. The van der Waals surface area contributed by atoms with E-state index >= 15 is 0 Å². The lowest BCUT2D eigenvalue weighted by molar-refractivity contribution is -0.365. The number of hydrogen-bond acceptors (Lipinski definition) is 5. The number of piperidine rings is 1. The van der Waals surface area contributed by atoms with Gasteiger partial charge in [-0.3, -0.25) is 9.69 Å². The summed E-state index contributed by atoms with van der Waals surface area (Å²) >= 11 is 0. The average Bonchev–Trinajstić information content (AvgIpc) is 2.78.